The molecule has 0 radical (unpaired) electrons. The summed E-state index contributed by atoms with van der Waals surface area (Å²) in [7, 11) is 0. The number of benzene rings is 2. The number of nitrogens with zero attached hydrogens (tertiary/aromatic N) is 1. The number of rotatable bonds is 6. The first-order valence-corrected chi connectivity index (χ1v) is 12.0. The molecule has 2 saturated carbocycles. The fourth-order valence-corrected chi connectivity index (χ4v) is 6.27. The third-order valence-electron chi connectivity index (χ3n) is 7.99. The highest BCUT2D eigenvalue weighted by molar-refractivity contribution is 6.22. The van der Waals surface area contributed by atoms with E-state index in [-0.39, 0.29) is 46.8 Å². The number of allylic oxidation sites excluding steroid dienone is 2. The molecule has 6 heteroatoms. The minimum atomic E-state index is -0.881. The van der Waals surface area contributed by atoms with Gasteiger partial charge in [-0.3, -0.25) is 19.3 Å². The zero-order valence-electron chi connectivity index (χ0n) is 18.8. The molecule has 0 N–H and O–H groups in total. The fourth-order valence-electron chi connectivity index (χ4n) is 6.27. The molecule has 6 nitrogen and oxygen atoms in total. The largest absolute Gasteiger partial charge is 0.450 e. The molecule has 2 bridgehead atoms. The molecule has 0 aromatic heterocycles. The van der Waals surface area contributed by atoms with Crippen LogP contribution in [-0.4, -0.2) is 29.7 Å². The molecular weight excluding hydrogens is 430 g/mol. The van der Waals surface area contributed by atoms with Crippen LogP contribution < -0.4 is 4.90 Å². The lowest BCUT2D eigenvalue weighted by molar-refractivity contribution is -0.124. The van der Waals surface area contributed by atoms with Crippen molar-refractivity contribution in [3.05, 3.63) is 77.9 Å². The Kier molecular flexibility index (Phi) is 4.80. The first-order chi connectivity index (χ1) is 16.5. The van der Waals surface area contributed by atoms with E-state index in [1.165, 1.54) is 4.90 Å². The van der Waals surface area contributed by atoms with Crippen LogP contribution in [0.15, 0.2) is 66.7 Å². The first kappa shape index (κ1) is 21.0. The van der Waals surface area contributed by atoms with Crippen LogP contribution in [0.3, 0.4) is 0 Å². The zero-order valence-corrected chi connectivity index (χ0v) is 18.8. The summed E-state index contributed by atoms with van der Waals surface area (Å²) in [5.74, 6) is -0.194. The molecule has 1 saturated heterocycles. The van der Waals surface area contributed by atoms with Gasteiger partial charge < -0.3 is 4.74 Å². The number of imide groups is 1. The third-order valence-corrected chi connectivity index (χ3v) is 7.99. The number of hydrogen-bond donors (Lipinski definition) is 0. The quantitative estimate of drug-likeness (QED) is 0.284. The summed E-state index contributed by atoms with van der Waals surface area (Å²) >= 11 is 0. The van der Waals surface area contributed by atoms with Gasteiger partial charge in [-0.1, -0.05) is 49.4 Å². The second-order valence-corrected chi connectivity index (χ2v) is 9.75. The van der Waals surface area contributed by atoms with Gasteiger partial charge in [0.05, 0.1) is 23.1 Å². The molecule has 7 rings (SSSR count). The Balaban J connectivity index is 1.18. The van der Waals surface area contributed by atoms with Crippen molar-refractivity contribution in [1.29, 1.82) is 0 Å². The zero-order chi connectivity index (χ0) is 23.6. The summed E-state index contributed by atoms with van der Waals surface area (Å²) < 4.78 is 5.50. The third kappa shape index (κ3) is 3.08. The predicted octanol–water partition coefficient (Wildman–Crippen LogP) is 4.06. The van der Waals surface area contributed by atoms with Gasteiger partial charge in [0.15, 0.2) is 6.10 Å². The Morgan fingerprint density at radius 1 is 0.882 bits per heavy atom. The van der Waals surface area contributed by atoms with Crippen LogP contribution in [0, 0.1) is 35.5 Å². The molecule has 2 aromatic carbocycles. The number of carbonyl (C=O) groups excluding carboxylic acids is 4. The number of esters is 1. The lowest BCUT2D eigenvalue weighted by Crippen LogP contribution is -2.40. The molecule has 2 aromatic rings. The number of ketones is 1. The normalized spacial score (nSPS) is 31.1. The minimum absolute atomic E-state index is 0.130. The first-order valence-electron chi connectivity index (χ1n) is 12.0. The van der Waals surface area contributed by atoms with Crippen LogP contribution in [0.2, 0.25) is 0 Å². The van der Waals surface area contributed by atoms with Gasteiger partial charge in [0.25, 0.3) is 0 Å². The summed E-state index contributed by atoms with van der Waals surface area (Å²) in [4.78, 5) is 53.2. The van der Waals surface area contributed by atoms with Gasteiger partial charge in [0.1, 0.15) is 0 Å². The molecular formula is C28H25NO5. The van der Waals surface area contributed by atoms with Crippen molar-refractivity contribution in [1.82, 2.24) is 0 Å². The maximum Gasteiger partial charge on any atom is 0.338 e. The van der Waals surface area contributed by atoms with Gasteiger partial charge in [-0.05, 0) is 60.8 Å². The lowest BCUT2D eigenvalue weighted by Gasteiger charge is -2.37. The molecule has 0 spiro atoms. The Bertz CT molecular complexity index is 1180. The molecule has 3 fully saturated rings. The number of ether oxygens (including phenoxy) is 1. The maximum atomic E-state index is 13.3. The van der Waals surface area contributed by atoms with Crippen molar-refractivity contribution in [3.8, 4) is 0 Å². The van der Waals surface area contributed by atoms with E-state index >= 15 is 0 Å². The Morgan fingerprint density at radius 3 is 2.03 bits per heavy atom. The Hall–Kier alpha value is -3.54. The average Bonchev–Trinajstić information content (AvgIpc) is 3.65. The van der Waals surface area contributed by atoms with Crippen molar-refractivity contribution >= 4 is 29.3 Å². The van der Waals surface area contributed by atoms with E-state index in [1.807, 2.05) is 6.07 Å². The van der Waals surface area contributed by atoms with Crippen LogP contribution in [0.1, 0.15) is 40.5 Å². The van der Waals surface area contributed by atoms with E-state index in [9.17, 15) is 19.2 Å². The van der Waals surface area contributed by atoms with Gasteiger partial charge >= 0.3 is 5.97 Å². The minimum Gasteiger partial charge on any atom is -0.450 e. The predicted molar refractivity (Wildman–Crippen MR) is 124 cm³/mol. The van der Waals surface area contributed by atoms with E-state index in [4.69, 9.17) is 4.74 Å². The van der Waals surface area contributed by atoms with E-state index in [0.29, 0.717) is 29.5 Å². The van der Waals surface area contributed by atoms with Gasteiger partial charge in [-0.2, -0.15) is 0 Å². The highest BCUT2D eigenvalue weighted by atomic mass is 16.5. The highest BCUT2D eigenvalue weighted by Crippen LogP contribution is 2.65. The second-order valence-electron chi connectivity index (χ2n) is 9.75. The molecule has 0 unspecified atom stereocenters. The molecule has 1 heterocycles. The number of hydrogen-bond acceptors (Lipinski definition) is 5. The summed E-state index contributed by atoms with van der Waals surface area (Å²) in [6.07, 6.45) is 4.89. The summed E-state index contributed by atoms with van der Waals surface area (Å²) in [5.41, 5.74) is 1.23. The summed E-state index contributed by atoms with van der Waals surface area (Å²) in [5, 5.41) is 0. The number of carbonyl (C=O) groups is 4. The SMILES string of the molecule is CC[C@@H](OC(=O)c1ccc(N2C(=O)[C@H]3[C@@H]4C=C[C@H]([C@H]5C[C@H]45)[C@@H]3C2=O)cc1)C(=O)c1ccccc1. The molecule has 2 amide bonds. The van der Waals surface area contributed by atoms with Crippen LogP contribution >= 0.6 is 0 Å². The van der Waals surface area contributed by atoms with Gasteiger partial charge in [-0.15, -0.1) is 0 Å². The van der Waals surface area contributed by atoms with Gasteiger partial charge in [-0.25, -0.2) is 4.79 Å². The van der Waals surface area contributed by atoms with Crippen LogP contribution in [0.4, 0.5) is 5.69 Å². The molecule has 1 aliphatic heterocycles. The Labute approximate surface area is 197 Å². The van der Waals surface area contributed by atoms with Gasteiger partial charge in [0, 0.05) is 5.56 Å². The maximum absolute atomic E-state index is 13.3. The van der Waals surface area contributed by atoms with E-state index in [2.05, 4.69) is 12.2 Å². The monoisotopic (exact) mass is 455 g/mol. The number of Topliss-reactive ketones (excluding diaryl/α,β-unsaturated/α-hetero) is 1. The smallest absolute Gasteiger partial charge is 0.338 e. The van der Waals surface area contributed by atoms with Crippen LogP contribution in [0.25, 0.3) is 0 Å². The molecule has 7 atom stereocenters. The topological polar surface area (TPSA) is 80.8 Å². The second kappa shape index (κ2) is 7.76. The summed E-state index contributed by atoms with van der Waals surface area (Å²) in [6, 6.07) is 15.1. The fraction of sp³-hybridized carbons (Fsp3) is 0.357. The lowest BCUT2D eigenvalue weighted by atomic mass is 9.63. The van der Waals surface area contributed by atoms with Crippen molar-refractivity contribution in [2.45, 2.75) is 25.9 Å². The van der Waals surface area contributed by atoms with E-state index < -0.39 is 12.1 Å². The summed E-state index contributed by atoms with van der Waals surface area (Å²) in [6.45, 7) is 1.79. The molecule has 4 aliphatic carbocycles. The van der Waals surface area contributed by atoms with Gasteiger partial charge in [0.2, 0.25) is 17.6 Å². The molecule has 5 aliphatic rings. The Morgan fingerprint density at radius 2 is 1.47 bits per heavy atom. The van der Waals surface area contributed by atoms with Crippen LogP contribution in [-0.2, 0) is 14.3 Å². The highest BCUT2D eigenvalue weighted by Gasteiger charge is 2.67. The van der Waals surface area contributed by atoms with Crippen molar-refractivity contribution in [2.24, 2.45) is 35.5 Å². The standard InChI is InChI=1S/C28H25NO5/c1-2-22(25(30)15-6-4-3-5-7-15)34-28(33)16-8-10-17(11-9-16)29-26(31)23-18-12-13-19(21-14-20(18)21)24(23)27(29)32/h3-13,18-24H,2,14H2,1H3/t18-,19-,20-,21-,22-,23+,24+/m1/s1. The average molecular weight is 456 g/mol. The van der Waals surface area contributed by atoms with E-state index in [1.54, 1.807) is 55.5 Å². The molecule has 34 heavy (non-hydrogen) atoms. The molecule has 172 valence electrons. The van der Waals surface area contributed by atoms with Crippen LogP contribution in [0.5, 0.6) is 0 Å². The van der Waals surface area contributed by atoms with E-state index in [0.717, 1.165) is 6.42 Å². The van der Waals surface area contributed by atoms with Crippen molar-refractivity contribution in [2.75, 3.05) is 4.90 Å². The van der Waals surface area contributed by atoms with Crippen molar-refractivity contribution in [3.63, 3.8) is 0 Å². The van der Waals surface area contributed by atoms with Crippen molar-refractivity contribution < 1.29 is 23.9 Å². The number of amides is 2. The number of anilines is 1.